The van der Waals surface area contributed by atoms with E-state index in [1.54, 1.807) is 0 Å². The number of halogens is 2. The SMILES string of the molecule is CCCC[Si](CCCC)=[Zr]([Cl])([Cl])([CH]1C(C)=Cc2c(C(C)C)ccc(C)c21)[CH]1C(C)=Cc2c(C(C)C)ccc(C)c21. The second kappa shape index (κ2) is 12.3. The zero-order chi connectivity index (χ0) is 29.6. The quantitative estimate of drug-likeness (QED) is 0.220. The molecule has 2 aromatic carbocycles. The fourth-order valence-corrected chi connectivity index (χ4v) is 54.9. The molecule has 0 bridgehead atoms. The summed E-state index contributed by atoms with van der Waals surface area (Å²) in [4.78, 5) is 0. The second-order valence-electron chi connectivity index (χ2n) is 13.5. The molecule has 2 atom stereocenters. The van der Waals surface area contributed by atoms with E-state index in [4.69, 9.17) is 17.0 Å². The Bertz CT molecular complexity index is 1330. The van der Waals surface area contributed by atoms with Crippen molar-refractivity contribution in [1.29, 1.82) is 0 Å². The van der Waals surface area contributed by atoms with E-state index in [-0.39, 0.29) is 7.25 Å². The van der Waals surface area contributed by atoms with Gasteiger partial charge in [0.05, 0.1) is 0 Å². The van der Waals surface area contributed by atoms with Crippen LogP contribution in [0.4, 0.5) is 0 Å². The number of fused-ring (bicyclic) bond motifs is 2. The Kier molecular flexibility index (Phi) is 10.0. The van der Waals surface area contributed by atoms with Crippen molar-refractivity contribution < 1.29 is 15.0 Å². The Morgan fingerprint density at radius 1 is 0.675 bits per heavy atom. The Morgan fingerprint density at radius 2 is 1.05 bits per heavy atom. The molecule has 2 aliphatic carbocycles. The average molecular weight is 675 g/mol. The number of hydrogen-bond acceptors (Lipinski definition) is 0. The molecule has 2 unspecified atom stereocenters. The van der Waals surface area contributed by atoms with Crippen LogP contribution in [0.15, 0.2) is 35.4 Å². The van der Waals surface area contributed by atoms with E-state index >= 15 is 0 Å². The van der Waals surface area contributed by atoms with E-state index in [0.717, 1.165) is 0 Å². The van der Waals surface area contributed by atoms with Gasteiger partial charge in [-0.25, -0.2) is 0 Å². The van der Waals surface area contributed by atoms with Crippen LogP contribution in [0.2, 0.25) is 12.1 Å². The van der Waals surface area contributed by atoms with E-state index in [9.17, 15) is 0 Å². The third-order valence-corrected chi connectivity index (χ3v) is 53.8. The number of unbranched alkanes of at least 4 members (excludes halogenated alkanes) is 2. The first-order valence-corrected chi connectivity index (χ1v) is 30.6. The molecule has 0 amide bonds. The molecule has 218 valence electrons. The Morgan fingerprint density at radius 3 is 1.38 bits per heavy atom. The predicted octanol–water partition coefficient (Wildman–Crippen LogP) is 12.8. The summed E-state index contributed by atoms with van der Waals surface area (Å²) in [6.07, 6.45) is 9.87. The van der Waals surface area contributed by atoms with Crippen molar-refractivity contribution in [2.45, 2.75) is 126 Å². The Labute approximate surface area is 253 Å². The summed E-state index contributed by atoms with van der Waals surface area (Å²) in [5.74, 6) is 0.941. The number of aryl methyl sites for hydroxylation is 2. The third-order valence-electron chi connectivity index (χ3n) is 9.95. The molecular weight excluding hydrogens is 623 g/mol. The summed E-state index contributed by atoms with van der Waals surface area (Å²) in [5, 5.41) is 0. The van der Waals surface area contributed by atoms with E-state index in [1.807, 2.05) is 0 Å². The van der Waals surface area contributed by atoms with Crippen molar-refractivity contribution in [1.82, 2.24) is 0 Å². The molecular formula is C36H52Cl2SiZr. The van der Waals surface area contributed by atoms with Crippen molar-refractivity contribution in [3.8, 4) is 0 Å². The van der Waals surface area contributed by atoms with Gasteiger partial charge in [-0.05, 0) is 0 Å². The van der Waals surface area contributed by atoms with E-state index in [2.05, 4.69) is 106 Å². The van der Waals surface area contributed by atoms with Crippen LogP contribution in [0.25, 0.3) is 12.2 Å². The van der Waals surface area contributed by atoms with Gasteiger partial charge in [-0.15, -0.1) is 0 Å². The molecule has 0 fully saturated rings. The van der Waals surface area contributed by atoms with Crippen LogP contribution in [-0.2, 0) is 15.0 Å². The fourth-order valence-electron chi connectivity index (χ4n) is 8.02. The molecule has 0 aliphatic heterocycles. The number of allylic oxidation sites excluding steroid dienone is 2. The molecule has 0 spiro atoms. The molecule has 4 rings (SSSR count). The van der Waals surface area contributed by atoms with Crippen molar-refractivity contribution in [3.05, 3.63) is 79.9 Å². The molecule has 0 heterocycles. The van der Waals surface area contributed by atoms with Crippen LogP contribution in [-0.4, -0.2) is 5.43 Å². The second-order valence-corrected chi connectivity index (χ2v) is 50.3. The molecule has 40 heavy (non-hydrogen) atoms. The molecule has 2 aliphatic rings. The van der Waals surface area contributed by atoms with Crippen LogP contribution in [0.3, 0.4) is 0 Å². The standard InChI is InChI=1S/2C14H17.C8H18Si.2ClH.Zr/c2*1-9(2)12-6-5-11(4)13-7-10(3)8-14(12)13;1-3-5-7-9-8-6-4-2;;;/h2*5-9H,1-4H3;3-8H2,1-2H3;2*1H;/q;;;;;+2/p-2. The van der Waals surface area contributed by atoms with E-state index in [0.29, 0.717) is 11.8 Å². The third kappa shape index (κ3) is 5.29. The van der Waals surface area contributed by atoms with Crippen molar-refractivity contribution in [2.75, 3.05) is 0 Å². The normalized spacial score (nSPS) is 18.8. The van der Waals surface area contributed by atoms with Crippen molar-refractivity contribution in [2.24, 2.45) is 0 Å². The summed E-state index contributed by atoms with van der Waals surface area (Å²) >= 11 is -4.82. The number of hydrogen-bond donors (Lipinski definition) is 0. The molecule has 0 radical (unpaired) electrons. The van der Waals surface area contributed by atoms with Crippen molar-refractivity contribution >= 4 is 34.6 Å². The topological polar surface area (TPSA) is 0 Å². The summed E-state index contributed by atoms with van der Waals surface area (Å²) in [7, 11) is 17.7. The van der Waals surface area contributed by atoms with Gasteiger partial charge in [0.15, 0.2) is 0 Å². The Hall–Kier alpha value is -0.400. The maximum atomic E-state index is 8.84. The minimum atomic E-state index is -4.82. The van der Waals surface area contributed by atoms with Gasteiger partial charge in [0.1, 0.15) is 0 Å². The molecule has 0 nitrogen and oxygen atoms in total. The molecule has 0 N–H and O–H groups in total. The van der Waals surface area contributed by atoms with Gasteiger partial charge in [-0.1, -0.05) is 0 Å². The molecule has 0 aromatic heterocycles. The summed E-state index contributed by atoms with van der Waals surface area (Å²) in [5.41, 5.74) is 13.3. The maximum absolute atomic E-state index is 8.84. The van der Waals surface area contributed by atoms with Crippen LogP contribution in [0.5, 0.6) is 0 Å². The minimum absolute atomic E-state index is 0.183. The monoisotopic (exact) mass is 672 g/mol. The molecule has 2 aromatic rings. The van der Waals surface area contributed by atoms with Gasteiger partial charge in [0.2, 0.25) is 0 Å². The van der Waals surface area contributed by atoms with Gasteiger partial charge in [0.25, 0.3) is 0 Å². The first-order chi connectivity index (χ1) is 18.8. The van der Waals surface area contributed by atoms with Crippen LogP contribution in [0, 0.1) is 13.8 Å². The van der Waals surface area contributed by atoms with Gasteiger partial charge in [-0.3, -0.25) is 0 Å². The van der Waals surface area contributed by atoms with Crippen LogP contribution < -0.4 is 0 Å². The fraction of sp³-hybridized carbons (Fsp3) is 0.556. The van der Waals surface area contributed by atoms with Crippen LogP contribution >= 0.6 is 17.0 Å². The van der Waals surface area contributed by atoms with Crippen LogP contribution in [0.1, 0.15) is 145 Å². The number of rotatable bonds is 10. The van der Waals surface area contributed by atoms with Gasteiger partial charge in [0, 0.05) is 0 Å². The Balaban J connectivity index is 2.18. The summed E-state index contributed by atoms with van der Waals surface area (Å²) < 4.78 is 0.366. The van der Waals surface area contributed by atoms with Gasteiger partial charge < -0.3 is 0 Å². The zero-order valence-electron chi connectivity index (χ0n) is 26.8. The van der Waals surface area contributed by atoms with Crippen molar-refractivity contribution in [3.63, 3.8) is 0 Å². The molecule has 0 saturated heterocycles. The zero-order valence-corrected chi connectivity index (χ0v) is 31.7. The average Bonchev–Trinajstić information content (AvgIpc) is 3.43. The molecule has 4 heteroatoms. The van der Waals surface area contributed by atoms with E-state index in [1.165, 1.54) is 93.4 Å². The van der Waals surface area contributed by atoms with Gasteiger partial charge >= 0.3 is 256 Å². The summed E-state index contributed by atoms with van der Waals surface area (Å²) in [6, 6.07) is 11.9. The molecule has 0 saturated carbocycles. The first kappa shape index (κ1) is 32.5. The summed E-state index contributed by atoms with van der Waals surface area (Å²) in [6.45, 7) is 23.3. The first-order valence-electron chi connectivity index (χ1n) is 15.8. The van der Waals surface area contributed by atoms with Gasteiger partial charge in [-0.2, -0.15) is 0 Å². The predicted molar refractivity (Wildman–Crippen MR) is 180 cm³/mol. The van der Waals surface area contributed by atoms with E-state index < -0.39 is 20.4 Å². The number of benzene rings is 2.